The molecule has 174 valence electrons. The summed E-state index contributed by atoms with van der Waals surface area (Å²) >= 11 is 0. The van der Waals surface area contributed by atoms with Crippen LogP contribution in [0.15, 0.2) is 82.1 Å². The van der Waals surface area contributed by atoms with Crippen LogP contribution in [0.3, 0.4) is 0 Å². The highest BCUT2D eigenvalue weighted by atomic mass is 19.4. The van der Waals surface area contributed by atoms with E-state index in [0.29, 0.717) is 16.6 Å². The Kier molecular flexibility index (Phi) is 5.97. The van der Waals surface area contributed by atoms with Crippen LogP contribution in [0.2, 0.25) is 0 Å². The number of aromatic nitrogens is 1. The summed E-state index contributed by atoms with van der Waals surface area (Å²) < 4.78 is 44.7. The highest BCUT2D eigenvalue weighted by molar-refractivity contribution is 6.00. The predicted molar refractivity (Wildman–Crippen MR) is 119 cm³/mol. The molecule has 4 aromatic rings. The van der Waals surface area contributed by atoms with E-state index < -0.39 is 28.9 Å². The van der Waals surface area contributed by atoms with E-state index in [-0.39, 0.29) is 23.1 Å². The molecule has 0 spiro atoms. The number of aryl methyl sites for hydroxylation is 1. The summed E-state index contributed by atoms with van der Waals surface area (Å²) in [5.41, 5.74) is -2.97. The molecule has 0 saturated heterocycles. The molecule has 0 aliphatic carbocycles. The molecule has 9 heteroatoms. The number of carbonyl (C=O) groups excluding carboxylic acids is 1. The number of hydrogen-bond acceptors (Lipinski definition) is 5. The molecule has 2 N–H and O–H groups in total. The van der Waals surface area contributed by atoms with Gasteiger partial charge in [-0.05, 0) is 48.4 Å². The summed E-state index contributed by atoms with van der Waals surface area (Å²) in [7, 11) is 0. The van der Waals surface area contributed by atoms with Crippen molar-refractivity contribution in [2.24, 2.45) is 0 Å². The molecule has 1 amide bonds. The summed E-state index contributed by atoms with van der Waals surface area (Å²) in [6.45, 7) is 1.62. The highest BCUT2D eigenvalue weighted by Gasteiger charge is 2.40. The van der Waals surface area contributed by atoms with Gasteiger partial charge >= 0.3 is 11.8 Å². The maximum atomic E-state index is 13.3. The minimum atomic E-state index is -4.65. The van der Waals surface area contributed by atoms with Crippen LogP contribution >= 0.6 is 0 Å². The van der Waals surface area contributed by atoms with Gasteiger partial charge in [0.1, 0.15) is 0 Å². The molecular weight excluding hydrogens is 449 g/mol. The largest absolute Gasteiger partial charge is 0.416 e. The predicted octanol–water partition coefficient (Wildman–Crippen LogP) is 4.58. The number of hydrogen-bond donors (Lipinski definition) is 2. The number of carbonyl (C=O) groups is 1. The van der Waals surface area contributed by atoms with Crippen molar-refractivity contribution < 1.29 is 27.6 Å². The second-order valence-electron chi connectivity index (χ2n) is 7.87. The van der Waals surface area contributed by atoms with Crippen LogP contribution in [-0.2, 0) is 23.0 Å². The average Bonchev–Trinajstić information content (AvgIpc) is 2.81. The Morgan fingerprint density at radius 1 is 0.971 bits per heavy atom. The Morgan fingerprint density at radius 2 is 1.68 bits per heavy atom. The normalized spacial score (nSPS) is 13.4. The van der Waals surface area contributed by atoms with E-state index in [1.54, 1.807) is 37.3 Å². The lowest BCUT2D eigenvalue weighted by Gasteiger charge is -2.28. The summed E-state index contributed by atoms with van der Waals surface area (Å²) in [4.78, 5) is 25.2. The van der Waals surface area contributed by atoms with Gasteiger partial charge in [-0.1, -0.05) is 47.6 Å². The Bertz CT molecular complexity index is 1420. The number of halogens is 3. The molecule has 0 aliphatic rings. The number of alkyl halides is 3. The highest BCUT2D eigenvalue weighted by Crippen LogP contribution is 2.34. The first-order valence-corrected chi connectivity index (χ1v) is 10.2. The SMILES string of the molecule is Cc1noc(=O)c2ccc(NC(=O)C(O)(Cc3ccccc3)c3cccc(C(F)(F)F)c3)cc12. The van der Waals surface area contributed by atoms with E-state index in [9.17, 15) is 27.9 Å². The topological polar surface area (TPSA) is 92.4 Å². The zero-order valence-electron chi connectivity index (χ0n) is 17.9. The number of anilines is 1. The molecule has 1 heterocycles. The van der Waals surface area contributed by atoms with Crippen molar-refractivity contribution in [1.29, 1.82) is 0 Å². The van der Waals surface area contributed by atoms with Crippen LogP contribution in [0.5, 0.6) is 0 Å². The number of fused-ring (bicyclic) bond motifs is 1. The van der Waals surface area contributed by atoms with Crippen molar-refractivity contribution in [3.63, 3.8) is 0 Å². The fourth-order valence-electron chi connectivity index (χ4n) is 3.70. The Balaban J connectivity index is 1.76. The van der Waals surface area contributed by atoms with Crippen molar-refractivity contribution in [2.45, 2.75) is 25.1 Å². The van der Waals surface area contributed by atoms with Gasteiger partial charge in [-0.3, -0.25) is 4.79 Å². The number of nitrogens with zero attached hydrogens (tertiary/aromatic N) is 1. The number of amides is 1. The molecule has 1 atom stereocenters. The molecule has 34 heavy (non-hydrogen) atoms. The van der Waals surface area contributed by atoms with Gasteiger partial charge < -0.3 is 14.9 Å². The number of nitrogens with one attached hydrogen (secondary N) is 1. The standard InChI is InChI=1S/C25H19F3N2O4/c1-15-21-13-19(10-11-20(21)22(31)34-30-15)29-23(32)24(33,14-16-6-3-2-4-7-16)17-8-5-9-18(12-17)25(26,27)28/h2-13,33H,14H2,1H3,(H,29,32). The van der Waals surface area contributed by atoms with Crippen molar-refractivity contribution in [1.82, 2.24) is 5.16 Å². The molecule has 6 nitrogen and oxygen atoms in total. The molecule has 4 rings (SSSR count). The number of benzene rings is 3. The van der Waals surface area contributed by atoms with Crippen LogP contribution in [0.4, 0.5) is 18.9 Å². The minimum Gasteiger partial charge on any atom is -0.375 e. The van der Waals surface area contributed by atoms with E-state index >= 15 is 0 Å². The molecule has 0 radical (unpaired) electrons. The zero-order valence-corrected chi connectivity index (χ0v) is 17.9. The van der Waals surface area contributed by atoms with E-state index in [1.165, 1.54) is 24.3 Å². The zero-order chi connectivity index (χ0) is 24.5. The lowest BCUT2D eigenvalue weighted by molar-refractivity contribution is -0.139. The fraction of sp³-hybridized carbons (Fsp3) is 0.160. The maximum absolute atomic E-state index is 13.3. The Labute approximate surface area is 191 Å². The minimum absolute atomic E-state index is 0.206. The third kappa shape index (κ3) is 4.55. The van der Waals surface area contributed by atoms with Gasteiger partial charge in [0.15, 0.2) is 5.60 Å². The molecular formula is C25H19F3N2O4. The lowest BCUT2D eigenvalue weighted by Crippen LogP contribution is -2.42. The third-order valence-electron chi connectivity index (χ3n) is 5.50. The van der Waals surface area contributed by atoms with Crippen molar-refractivity contribution in [3.05, 3.63) is 106 Å². The first-order chi connectivity index (χ1) is 16.1. The molecule has 1 unspecified atom stereocenters. The summed E-state index contributed by atoms with van der Waals surface area (Å²) in [6.07, 6.45) is -4.91. The van der Waals surface area contributed by atoms with Crippen LogP contribution in [0, 0.1) is 6.92 Å². The van der Waals surface area contributed by atoms with Gasteiger partial charge in [0.2, 0.25) is 0 Å². The van der Waals surface area contributed by atoms with Gasteiger partial charge in [0.05, 0.1) is 16.6 Å². The van der Waals surface area contributed by atoms with Gasteiger partial charge in [-0.2, -0.15) is 13.2 Å². The van der Waals surface area contributed by atoms with Gasteiger partial charge in [0, 0.05) is 17.5 Å². The van der Waals surface area contributed by atoms with Gasteiger partial charge in [-0.15, -0.1) is 0 Å². The van der Waals surface area contributed by atoms with E-state index in [4.69, 9.17) is 0 Å². The monoisotopic (exact) mass is 468 g/mol. The second-order valence-corrected chi connectivity index (χ2v) is 7.87. The molecule has 1 aromatic heterocycles. The molecule has 0 fully saturated rings. The smallest absolute Gasteiger partial charge is 0.375 e. The van der Waals surface area contributed by atoms with Crippen molar-refractivity contribution >= 4 is 22.4 Å². The van der Waals surface area contributed by atoms with Crippen LogP contribution in [0.25, 0.3) is 10.8 Å². The first-order valence-electron chi connectivity index (χ1n) is 10.2. The Morgan fingerprint density at radius 3 is 2.38 bits per heavy atom. The van der Waals surface area contributed by atoms with E-state index in [2.05, 4.69) is 15.0 Å². The number of aliphatic hydroxyl groups is 1. The van der Waals surface area contributed by atoms with Gasteiger partial charge in [-0.25, -0.2) is 4.79 Å². The van der Waals surface area contributed by atoms with Crippen LogP contribution in [0.1, 0.15) is 22.4 Å². The van der Waals surface area contributed by atoms with Crippen molar-refractivity contribution in [3.8, 4) is 0 Å². The quantitative estimate of drug-likeness (QED) is 0.447. The van der Waals surface area contributed by atoms with Gasteiger partial charge in [0.25, 0.3) is 5.91 Å². The number of rotatable bonds is 5. The molecule has 0 bridgehead atoms. The maximum Gasteiger partial charge on any atom is 0.416 e. The molecule has 3 aromatic carbocycles. The lowest BCUT2D eigenvalue weighted by atomic mass is 9.85. The van der Waals surface area contributed by atoms with Crippen LogP contribution in [-0.4, -0.2) is 16.2 Å². The first kappa shape index (κ1) is 23.2. The molecule has 0 aliphatic heterocycles. The van der Waals surface area contributed by atoms with E-state index in [1.807, 2.05) is 0 Å². The summed E-state index contributed by atoms with van der Waals surface area (Å²) in [5, 5.41) is 18.4. The van der Waals surface area contributed by atoms with Crippen LogP contribution < -0.4 is 10.9 Å². The van der Waals surface area contributed by atoms with E-state index in [0.717, 1.165) is 18.2 Å². The van der Waals surface area contributed by atoms with Crippen molar-refractivity contribution in [2.75, 3.05) is 5.32 Å². The summed E-state index contributed by atoms with van der Waals surface area (Å²) in [6, 6.07) is 16.9. The Hall–Kier alpha value is -3.98. The molecule has 0 saturated carbocycles. The second kappa shape index (κ2) is 8.75. The fourth-order valence-corrected chi connectivity index (χ4v) is 3.70. The average molecular weight is 468 g/mol. The summed E-state index contributed by atoms with van der Waals surface area (Å²) in [5.74, 6) is -0.927. The third-order valence-corrected chi connectivity index (χ3v) is 5.50.